The van der Waals surface area contributed by atoms with E-state index in [2.05, 4.69) is 30.0 Å². The highest BCUT2D eigenvalue weighted by Gasteiger charge is 1.99. The molecule has 1 aromatic heterocycles. The second kappa shape index (κ2) is 9.26. The lowest BCUT2D eigenvalue weighted by Gasteiger charge is -2.00. The summed E-state index contributed by atoms with van der Waals surface area (Å²) in [6, 6.07) is 0. The fourth-order valence-corrected chi connectivity index (χ4v) is 2.15. The van der Waals surface area contributed by atoms with Crippen LogP contribution < -0.4 is 0 Å². The normalized spacial score (nSPS) is 10.9. The Labute approximate surface area is 106 Å². The standard InChI is InChI=1S/C15H28N2/c1-3-5-6-7-8-9-10-11-12-14-13-16-15(4-2)17-14/h13H,3-12H2,1-2H3,(H,16,17). The Hall–Kier alpha value is -0.790. The van der Waals surface area contributed by atoms with Gasteiger partial charge in [0.2, 0.25) is 0 Å². The van der Waals surface area contributed by atoms with Gasteiger partial charge in [-0.1, -0.05) is 58.8 Å². The molecule has 98 valence electrons. The number of unbranched alkanes of at least 4 members (excludes halogenated alkanes) is 7. The molecular formula is C15H28N2. The third-order valence-corrected chi connectivity index (χ3v) is 3.31. The third kappa shape index (κ3) is 6.50. The molecule has 0 fully saturated rings. The Bertz CT molecular complexity index is 278. The molecular weight excluding hydrogens is 208 g/mol. The first kappa shape index (κ1) is 14.3. The maximum absolute atomic E-state index is 4.53. The molecule has 1 N–H and O–H groups in total. The van der Waals surface area contributed by atoms with Crippen LogP contribution in [0.2, 0.25) is 0 Å². The Morgan fingerprint density at radius 3 is 2.18 bits per heavy atom. The molecule has 0 aliphatic rings. The number of rotatable bonds is 10. The van der Waals surface area contributed by atoms with Crippen LogP contribution in [0.3, 0.4) is 0 Å². The van der Waals surface area contributed by atoms with Crippen LogP contribution in [-0.4, -0.2) is 9.97 Å². The smallest absolute Gasteiger partial charge is 0.106 e. The highest BCUT2D eigenvalue weighted by atomic mass is 14.9. The molecule has 0 saturated heterocycles. The number of H-pyrrole nitrogens is 1. The predicted molar refractivity (Wildman–Crippen MR) is 74.3 cm³/mol. The van der Waals surface area contributed by atoms with Crippen molar-refractivity contribution in [2.75, 3.05) is 0 Å². The summed E-state index contributed by atoms with van der Waals surface area (Å²) in [5.74, 6) is 1.12. The first-order chi connectivity index (χ1) is 8.36. The summed E-state index contributed by atoms with van der Waals surface area (Å²) >= 11 is 0. The van der Waals surface area contributed by atoms with E-state index in [0.29, 0.717) is 0 Å². The van der Waals surface area contributed by atoms with Gasteiger partial charge in [0, 0.05) is 12.6 Å². The molecule has 0 spiro atoms. The zero-order valence-electron chi connectivity index (χ0n) is 11.6. The summed E-state index contributed by atoms with van der Waals surface area (Å²) in [6.45, 7) is 4.41. The number of aromatic nitrogens is 2. The SMILES string of the molecule is CCCCCCCCCCc1c[nH]c(CC)n1. The number of hydrogen-bond donors (Lipinski definition) is 1. The maximum Gasteiger partial charge on any atom is 0.106 e. The van der Waals surface area contributed by atoms with Gasteiger partial charge >= 0.3 is 0 Å². The minimum Gasteiger partial charge on any atom is -0.348 e. The predicted octanol–water partition coefficient (Wildman–Crippen LogP) is 4.66. The molecule has 1 rings (SSSR count). The number of nitrogens with one attached hydrogen (secondary N) is 1. The van der Waals surface area contributed by atoms with Crippen molar-refractivity contribution >= 4 is 0 Å². The van der Waals surface area contributed by atoms with Gasteiger partial charge in [-0.3, -0.25) is 0 Å². The average Bonchev–Trinajstić information content (AvgIpc) is 2.80. The number of imidazole rings is 1. The largest absolute Gasteiger partial charge is 0.348 e. The molecule has 0 amide bonds. The van der Waals surface area contributed by atoms with Crippen LogP contribution in [0.5, 0.6) is 0 Å². The molecule has 2 nitrogen and oxygen atoms in total. The quantitative estimate of drug-likeness (QED) is 0.588. The molecule has 2 heteroatoms. The second-order valence-corrected chi connectivity index (χ2v) is 4.92. The number of hydrogen-bond acceptors (Lipinski definition) is 1. The lowest BCUT2D eigenvalue weighted by Crippen LogP contribution is -1.88. The monoisotopic (exact) mass is 236 g/mol. The van der Waals surface area contributed by atoms with Gasteiger partial charge < -0.3 is 4.98 Å². The van der Waals surface area contributed by atoms with Crippen molar-refractivity contribution in [3.63, 3.8) is 0 Å². The first-order valence-corrected chi connectivity index (χ1v) is 7.40. The second-order valence-electron chi connectivity index (χ2n) is 4.92. The van der Waals surface area contributed by atoms with Crippen molar-refractivity contribution in [1.29, 1.82) is 0 Å². The Balaban J connectivity index is 1.93. The van der Waals surface area contributed by atoms with Gasteiger partial charge in [0.25, 0.3) is 0 Å². The number of aryl methyl sites for hydroxylation is 2. The maximum atomic E-state index is 4.53. The van der Waals surface area contributed by atoms with Gasteiger partial charge in [0.15, 0.2) is 0 Å². The molecule has 17 heavy (non-hydrogen) atoms. The van der Waals surface area contributed by atoms with Crippen LogP contribution >= 0.6 is 0 Å². The number of aromatic amines is 1. The van der Waals surface area contributed by atoms with Gasteiger partial charge in [-0.15, -0.1) is 0 Å². The average molecular weight is 236 g/mol. The summed E-state index contributed by atoms with van der Waals surface area (Å²) < 4.78 is 0. The lowest BCUT2D eigenvalue weighted by atomic mass is 10.1. The van der Waals surface area contributed by atoms with Crippen LogP contribution in [0, 0.1) is 0 Å². The minimum atomic E-state index is 1.01. The molecule has 0 atom stereocenters. The van der Waals surface area contributed by atoms with E-state index in [1.54, 1.807) is 0 Å². The Morgan fingerprint density at radius 2 is 1.59 bits per heavy atom. The molecule has 0 aliphatic carbocycles. The van der Waals surface area contributed by atoms with E-state index < -0.39 is 0 Å². The van der Waals surface area contributed by atoms with Gasteiger partial charge in [-0.05, 0) is 12.8 Å². The van der Waals surface area contributed by atoms with Gasteiger partial charge in [-0.25, -0.2) is 4.98 Å². The van der Waals surface area contributed by atoms with Crippen LogP contribution in [0.1, 0.15) is 76.7 Å². The van der Waals surface area contributed by atoms with Crippen LogP contribution in [-0.2, 0) is 12.8 Å². The topological polar surface area (TPSA) is 28.7 Å². The summed E-state index contributed by atoms with van der Waals surface area (Å²) in [7, 11) is 0. The third-order valence-electron chi connectivity index (χ3n) is 3.31. The van der Waals surface area contributed by atoms with E-state index in [1.165, 1.54) is 57.1 Å². The van der Waals surface area contributed by atoms with Crippen molar-refractivity contribution in [1.82, 2.24) is 9.97 Å². The number of nitrogens with zero attached hydrogens (tertiary/aromatic N) is 1. The van der Waals surface area contributed by atoms with Crippen molar-refractivity contribution < 1.29 is 0 Å². The van der Waals surface area contributed by atoms with E-state index in [9.17, 15) is 0 Å². The molecule has 0 unspecified atom stereocenters. The van der Waals surface area contributed by atoms with E-state index in [-0.39, 0.29) is 0 Å². The van der Waals surface area contributed by atoms with Crippen molar-refractivity contribution in [3.05, 3.63) is 17.7 Å². The molecule has 0 aromatic carbocycles. The Morgan fingerprint density at radius 1 is 0.941 bits per heavy atom. The van der Waals surface area contributed by atoms with Crippen molar-refractivity contribution in [3.8, 4) is 0 Å². The van der Waals surface area contributed by atoms with E-state index in [1.807, 2.05) is 0 Å². The summed E-state index contributed by atoms with van der Waals surface area (Å²) in [6.07, 6.45) is 15.3. The van der Waals surface area contributed by atoms with Crippen molar-refractivity contribution in [2.45, 2.75) is 78.1 Å². The fourth-order valence-electron chi connectivity index (χ4n) is 2.15. The fraction of sp³-hybridized carbons (Fsp3) is 0.800. The summed E-state index contributed by atoms with van der Waals surface area (Å²) in [5, 5.41) is 0. The highest BCUT2D eigenvalue weighted by molar-refractivity contribution is 5.00. The molecule has 1 aromatic rings. The van der Waals surface area contributed by atoms with E-state index in [0.717, 1.165) is 18.7 Å². The molecule has 0 radical (unpaired) electrons. The summed E-state index contributed by atoms with van der Waals surface area (Å²) in [4.78, 5) is 7.75. The van der Waals surface area contributed by atoms with E-state index >= 15 is 0 Å². The summed E-state index contributed by atoms with van der Waals surface area (Å²) in [5.41, 5.74) is 1.24. The van der Waals surface area contributed by atoms with E-state index in [4.69, 9.17) is 0 Å². The van der Waals surface area contributed by atoms with Gasteiger partial charge in [0.1, 0.15) is 5.82 Å². The highest BCUT2D eigenvalue weighted by Crippen LogP contribution is 2.10. The van der Waals surface area contributed by atoms with Crippen LogP contribution in [0.15, 0.2) is 6.20 Å². The molecule has 0 saturated carbocycles. The van der Waals surface area contributed by atoms with Gasteiger partial charge in [-0.2, -0.15) is 0 Å². The molecule has 1 heterocycles. The van der Waals surface area contributed by atoms with Crippen LogP contribution in [0.4, 0.5) is 0 Å². The lowest BCUT2D eigenvalue weighted by molar-refractivity contribution is 0.574. The van der Waals surface area contributed by atoms with Gasteiger partial charge in [0.05, 0.1) is 5.69 Å². The zero-order valence-corrected chi connectivity index (χ0v) is 11.6. The molecule has 0 aliphatic heterocycles. The van der Waals surface area contributed by atoms with Crippen LogP contribution in [0.25, 0.3) is 0 Å². The van der Waals surface area contributed by atoms with Crippen molar-refractivity contribution in [2.24, 2.45) is 0 Å². The first-order valence-electron chi connectivity index (χ1n) is 7.40. The zero-order chi connectivity index (χ0) is 12.3. The Kier molecular flexibility index (Phi) is 7.78. The minimum absolute atomic E-state index is 1.01. The molecule has 0 bridgehead atoms.